The highest BCUT2D eigenvalue weighted by Gasteiger charge is 2.39. The maximum absolute atomic E-state index is 11.8. The molecule has 0 heterocycles. The molecule has 7 nitrogen and oxygen atoms in total. The second-order valence-electron chi connectivity index (χ2n) is 4.05. The van der Waals surface area contributed by atoms with Crippen LogP contribution < -0.4 is 0 Å². The Balaban J connectivity index is 5.07. The fourth-order valence-corrected chi connectivity index (χ4v) is 1.87. The second kappa shape index (κ2) is 9.29. The van der Waals surface area contributed by atoms with Crippen LogP contribution in [0.1, 0.15) is 33.6 Å². The summed E-state index contributed by atoms with van der Waals surface area (Å²) in [7, 11) is 0. The number of rotatable bonds is 9. The lowest BCUT2D eigenvalue weighted by Gasteiger charge is -2.20. The van der Waals surface area contributed by atoms with Crippen molar-refractivity contribution in [2.75, 3.05) is 19.8 Å². The Morgan fingerprint density at radius 1 is 1.11 bits per heavy atom. The summed E-state index contributed by atoms with van der Waals surface area (Å²) < 4.78 is 9.64. The van der Waals surface area contributed by atoms with Gasteiger partial charge in [-0.1, -0.05) is 13.3 Å². The maximum Gasteiger partial charge on any atom is 0.320 e. The fraction of sp³-hybridized carbons (Fsp3) is 0.833. The van der Waals surface area contributed by atoms with Crippen LogP contribution >= 0.6 is 0 Å². The van der Waals surface area contributed by atoms with Gasteiger partial charge in [-0.25, -0.2) is 0 Å². The van der Waals surface area contributed by atoms with E-state index < -0.39 is 35.2 Å². The number of carbonyl (C=O) groups excluding carboxylic acids is 2. The minimum absolute atomic E-state index is 0.117. The van der Waals surface area contributed by atoms with E-state index in [-0.39, 0.29) is 13.2 Å². The van der Waals surface area contributed by atoms with E-state index in [9.17, 15) is 19.7 Å². The molecule has 0 aromatic heterocycles. The molecule has 0 amide bonds. The number of hydrogen-bond acceptors (Lipinski definition) is 6. The lowest BCUT2D eigenvalue weighted by Crippen LogP contribution is -2.37. The summed E-state index contributed by atoms with van der Waals surface area (Å²) in [6.45, 7) is 4.85. The Kier molecular flexibility index (Phi) is 8.48. The van der Waals surface area contributed by atoms with Crippen molar-refractivity contribution in [1.29, 1.82) is 0 Å². The predicted molar refractivity (Wildman–Crippen MR) is 67.0 cm³/mol. The van der Waals surface area contributed by atoms with Gasteiger partial charge in [0.25, 0.3) is 0 Å². The van der Waals surface area contributed by atoms with Gasteiger partial charge >= 0.3 is 11.9 Å². The van der Waals surface area contributed by atoms with Crippen molar-refractivity contribution in [2.24, 2.45) is 11.8 Å². The molecule has 0 N–H and O–H groups in total. The van der Waals surface area contributed by atoms with Crippen molar-refractivity contribution in [3.8, 4) is 0 Å². The zero-order chi connectivity index (χ0) is 14.8. The molecule has 0 radical (unpaired) electrons. The van der Waals surface area contributed by atoms with E-state index in [1.54, 1.807) is 13.8 Å². The van der Waals surface area contributed by atoms with Crippen molar-refractivity contribution in [3.05, 3.63) is 10.1 Å². The average molecular weight is 275 g/mol. The van der Waals surface area contributed by atoms with Gasteiger partial charge in [-0.3, -0.25) is 19.7 Å². The molecule has 0 saturated carbocycles. The van der Waals surface area contributed by atoms with E-state index in [1.165, 1.54) is 0 Å². The van der Waals surface area contributed by atoms with Crippen LogP contribution in [0.25, 0.3) is 0 Å². The summed E-state index contributed by atoms with van der Waals surface area (Å²) in [5, 5.41) is 10.7. The Hall–Kier alpha value is -1.66. The van der Waals surface area contributed by atoms with E-state index in [0.717, 1.165) is 0 Å². The van der Waals surface area contributed by atoms with Gasteiger partial charge in [-0.2, -0.15) is 0 Å². The molecule has 0 spiro atoms. The summed E-state index contributed by atoms with van der Waals surface area (Å²) in [6.07, 6.45) is 1.02. The van der Waals surface area contributed by atoms with Gasteiger partial charge in [0.05, 0.1) is 13.2 Å². The highest BCUT2D eigenvalue weighted by atomic mass is 16.6. The lowest BCUT2D eigenvalue weighted by atomic mass is 9.88. The molecule has 1 atom stereocenters. The third-order valence-electron chi connectivity index (χ3n) is 2.60. The molecule has 0 unspecified atom stereocenters. The van der Waals surface area contributed by atoms with E-state index >= 15 is 0 Å². The van der Waals surface area contributed by atoms with Crippen LogP contribution in [0.3, 0.4) is 0 Å². The van der Waals surface area contributed by atoms with Gasteiger partial charge in [0.1, 0.15) is 0 Å². The first kappa shape index (κ1) is 17.3. The van der Waals surface area contributed by atoms with E-state index in [2.05, 4.69) is 0 Å². The van der Waals surface area contributed by atoms with Gasteiger partial charge in [-0.15, -0.1) is 0 Å². The zero-order valence-electron chi connectivity index (χ0n) is 11.6. The molecule has 0 aliphatic rings. The van der Waals surface area contributed by atoms with Crippen molar-refractivity contribution in [2.45, 2.75) is 33.6 Å². The second-order valence-corrected chi connectivity index (χ2v) is 4.05. The normalized spacial score (nSPS) is 12.0. The molecular formula is C12H21NO6. The topological polar surface area (TPSA) is 95.7 Å². The summed E-state index contributed by atoms with van der Waals surface area (Å²) in [4.78, 5) is 33.8. The van der Waals surface area contributed by atoms with Gasteiger partial charge < -0.3 is 9.47 Å². The van der Waals surface area contributed by atoms with Crippen LogP contribution in [-0.2, 0) is 19.1 Å². The summed E-state index contributed by atoms with van der Waals surface area (Å²) in [5.41, 5.74) is 0. The zero-order valence-corrected chi connectivity index (χ0v) is 11.6. The third kappa shape index (κ3) is 6.17. The highest BCUT2D eigenvalue weighted by molar-refractivity contribution is 5.95. The van der Waals surface area contributed by atoms with Crippen molar-refractivity contribution in [1.82, 2.24) is 0 Å². The molecular weight excluding hydrogens is 254 g/mol. The predicted octanol–water partition coefficient (Wildman–Crippen LogP) is 1.42. The quantitative estimate of drug-likeness (QED) is 0.273. The summed E-state index contributed by atoms with van der Waals surface area (Å²) in [6, 6.07) is 0. The Bertz CT molecular complexity index is 299. The number of esters is 2. The van der Waals surface area contributed by atoms with Gasteiger partial charge in [0.15, 0.2) is 5.92 Å². The highest BCUT2D eigenvalue weighted by Crippen LogP contribution is 2.21. The molecule has 0 rings (SSSR count). The SMILES string of the molecule is CCC[C@@H](C[N+](=O)[O-])C(C(=O)OCC)C(=O)OCC. The summed E-state index contributed by atoms with van der Waals surface area (Å²) >= 11 is 0. The molecule has 110 valence electrons. The minimum atomic E-state index is -1.22. The van der Waals surface area contributed by atoms with Crippen LogP contribution in [0.2, 0.25) is 0 Å². The smallest absolute Gasteiger partial charge is 0.320 e. The molecule has 0 aliphatic carbocycles. The minimum Gasteiger partial charge on any atom is -0.465 e. The maximum atomic E-state index is 11.8. The largest absolute Gasteiger partial charge is 0.465 e. The lowest BCUT2D eigenvalue weighted by molar-refractivity contribution is -0.489. The molecule has 0 aliphatic heterocycles. The molecule has 19 heavy (non-hydrogen) atoms. The number of ether oxygens (including phenoxy) is 2. The molecule has 7 heteroatoms. The van der Waals surface area contributed by atoms with Gasteiger partial charge in [-0.05, 0) is 20.3 Å². The van der Waals surface area contributed by atoms with Crippen LogP contribution in [0.5, 0.6) is 0 Å². The van der Waals surface area contributed by atoms with Gasteiger partial charge in [0, 0.05) is 10.8 Å². The van der Waals surface area contributed by atoms with E-state index in [0.29, 0.717) is 12.8 Å². The first-order valence-corrected chi connectivity index (χ1v) is 6.42. The molecule has 0 aromatic rings. The summed E-state index contributed by atoms with van der Waals surface area (Å²) in [5.74, 6) is -3.41. The molecule has 0 bridgehead atoms. The number of nitrogens with zero attached hydrogens (tertiary/aromatic N) is 1. The average Bonchev–Trinajstić information content (AvgIpc) is 2.29. The Labute approximate surface area is 112 Å². The number of carbonyl (C=O) groups is 2. The van der Waals surface area contributed by atoms with E-state index in [4.69, 9.17) is 9.47 Å². The van der Waals surface area contributed by atoms with Crippen LogP contribution in [0.15, 0.2) is 0 Å². The fourth-order valence-electron chi connectivity index (χ4n) is 1.87. The van der Waals surface area contributed by atoms with Gasteiger partial charge in [0.2, 0.25) is 6.54 Å². The number of hydrogen-bond donors (Lipinski definition) is 0. The van der Waals surface area contributed by atoms with Crippen molar-refractivity contribution in [3.63, 3.8) is 0 Å². The van der Waals surface area contributed by atoms with Crippen molar-refractivity contribution < 1.29 is 24.0 Å². The Morgan fingerprint density at radius 2 is 1.58 bits per heavy atom. The third-order valence-corrected chi connectivity index (χ3v) is 2.60. The molecule has 0 aromatic carbocycles. The first-order valence-electron chi connectivity index (χ1n) is 6.42. The van der Waals surface area contributed by atoms with Crippen molar-refractivity contribution >= 4 is 11.9 Å². The van der Waals surface area contributed by atoms with Crippen LogP contribution in [-0.4, -0.2) is 36.6 Å². The molecule has 0 saturated heterocycles. The molecule has 0 fully saturated rings. The standard InChI is InChI=1S/C12H21NO6/c1-4-7-9(8-13(16)17)10(11(14)18-5-2)12(15)19-6-3/h9-10H,4-8H2,1-3H3/t9-/m0/s1. The first-order chi connectivity index (χ1) is 8.97. The Morgan fingerprint density at radius 3 is 1.89 bits per heavy atom. The monoisotopic (exact) mass is 275 g/mol. The van der Waals surface area contributed by atoms with Crippen LogP contribution in [0.4, 0.5) is 0 Å². The van der Waals surface area contributed by atoms with E-state index in [1.807, 2.05) is 6.92 Å². The van der Waals surface area contributed by atoms with Crippen LogP contribution in [0, 0.1) is 22.0 Å². The number of nitro groups is 1.